The van der Waals surface area contributed by atoms with Crippen LogP contribution in [0.5, 0.6) is 11.5 Å². The fourth-order valence-electron chi connectivity index (χ4n) is 4.52. The number of aromatic nitrogens is 4. The number of nitrogens with zero attached hydrogens (tertiary/aromatic N) is 5. The maximum Gasteiger partial charge on any atom is 0.223 e. The highest BCUT2D eigenvalue weighted by molar-refractivity contribution is 5.85. The zero-order valence-electron chi connectivity index (χ0n) is 20.1. The minimum Gasteiger partial charge on any atom is -0.488 e. The minimum absolute atomic E-state index is 0.135. The molecule has 10 heteroatoms. The number of benzene rings is 1. The van der Waals surface area contributed by atoms with Gasteiger partial charge in [0, 0.05) is 50.4 Å². The van der Waals surface area contributed by atoms with E-state index in [1.165, 1.54) is 0 Å². The van der Waals surface area contributed by atoms with Gasteiger partial charge in [0.2, 0.25) is 5.95 Å². The predicted octanol–water partition coefficient (Wildman–Crippen LogP) is 3.08. The van der Waals surface area contributed by atoms with Crippen molar-refractivity contribution in [2.75, 3.05) is 56.8 Å². The third-order valence-electron chi connectivity index (χ3n) is 6.39. The molecule has 0 radical (unpaired) electrons. The van der Waals surface area contributed by atoms with Gasteiger partial charge in [0.15, 0.2) is 5.75 Å². The molecule has 0 bridgehead atoms. The number of anilines is 2. The average Bonchev–Trinajstić information content (AvgIpc) is 2.91. The molecule has 35 heavy (non-hydrogen) atoms. The standard InChI is InChI=1S/C25H32N6O4/c1-32-12-13-34-21-16-28-25(29-17-21)30-18-2-4-20(5-3-18)35-23-15-19(31-8-10-33-11-9-31)14-22-24(23)27-7-6-26-22/h6-7,14-18,20H,2-5,8-13H2,1H3,(H,28,29,30)/t18-,20+. The Morgan fingerprint density at radius 3 is 2.51 bits per heavy atom. The van der Waals surface area contributed by atoms with Crippen LogP contribution in [0.15, 0.2) is 36.9 Å². The van der Waals surface area contributed by atoms with E-state index in [1.54, 1.807) is 31.9 Å². The van der Waals surface area contributed by atoms with Gasteiger partial charge in [-0.3, -0.25) is 4.98 Å². The van der Waals surface area contributed by atoms with Crippen LogP contribution in [0.3, 0.4) is 0 Å². The smallest absolute Gasteiger partial charge is 0.223 e. The van der Waals surface area contributed by atoms with Crippen molar-refractivity contribution in [3.8, 4) is 11.5 Å². The summed E-state index contributed by atoms with van der Waals surface area (Å²) in [5.74, 6) is 2.06. The monoisotopic (exact) mass is 480 g/mol. The zero-order chi connectivity index (χ0) is 23.9. The summed E-state index contributed by atoms with van der Waals surface area (Å²) in [6.45, 7) is 4.21. The molecule has 1 saturated heterocycles. The van der Waals surface area contributed by atoms with E-state index in [4.69, 9.17) is 18.9 Å². The second-order valence-electron chi connectivity index (χ2n) is 8.79. The maximum absolute atomic E-state index is 6.51. The lowest BCUT2D eigenvalue weighted by Gasteiger charge is -2.31. The van der Waals surface area contributed by atoms with Crippen LogP contribution in [0.2, 0.25) is 0 Å². The topological polar surface area (TPSA) is 104 Å². The van der Waals surface area contributed by atoms with Gasteiger partial charge in [-0.2, -0.15) is 0 Å². The van der Waals surface area contributed by atoms with Crippen LogP contribution in [0.1, 0.15) is 25.7 Å². The molecule has 5 rings (SSSR count). The number of nitrogens with one attached hydrogen (secondary N) is 1. The van der Waals surface area contributed by atoms with Gasteiger partial charge in [0.1, 0.15) is 17.9 Å². The normalized spacial score (nSPS) is 20.5. The number of hydrogen-bond donors (Lipinski definition) is 1. The van der Waals surface area contributed by atoms with Gasteiger partial charge in [-0.25, -0.2) is 15.0 Å². The summed E-state index contributed by atoms with van der Waals surface area (Å²) in [7, 11) is 1.64. The van der Waals surface area contributed by atoms with Crippen LogP contribution in [-0.2, 0) is 9.47 Å². The molecule has 2 aromatic heterocycles. The van der Waals surface area contributed by atoms with E-state index < -0.39 is 0 Å². The van der Waals surface area contributed by atoms with Gasteiger partial charge in [-0.05, 0) is 31.7 Å². The van der Waals surface area contributed by atoms with Crippen molar-refractivity contribution < 1.29 is 18.9 Å². The van der Waals surface area contributed by atoms with E-state index in [2.05, 4.69) is 42.3 Å². The summed E-state index contributed by atoms with van der Waals surface area (Å²) in [5, 5.41) is 3.44. The molecule has 2 fully saturated rings. The van der Waals surface area contributed by atoms with Gasteiger partial charge in [-0.1, -0.05) is 0 Å². The molecule has 1 N–H and O–H groups in total. The van der Waals surface area contributed by atoms with Gasteiger partial charge in [0.05, 0.1) is 43.8 Å². The van der Waals surface area contributed by atoms with Crippen LogP contribution >= 0.6 is 0 Å². The number of methoxy groups -OCH3 is 1. The van der Waals surface area contributed by atoms with E-state index in [9.17, 15) is 0 Å². The quantitative estimate of drug-likeness (QED) is 0.460. The lowest BCUT2D eigenvalue weighted by Crippen LogP contribution is -2.36. The van der Waals surface area contributed by atoms with Gasteiger partial charge >= 0.3 is 0 Å². The van der Waals surface area contributed by atoms with E-state index in [-0.39, 0.29) is 6.10 Å². The summed E-state index contributed by atoms with van der Waals surface area (Å²) >= 11 is 0. The lowest BCUT2D eigenvalue weighted by atomic mass is 9.93. The van der Waals surface area contributed by atoms with Crippen LogP contribution in [-0.4, -0.2) is 78.7 Å². The predicted molar refractivity (Wildman–Crippen MR) is 132 cm³/mol. The molecule has 0 amide bonds. The lowest BCUT2D eigenvalue weighted by molar-refractivity contribution is 0.122. The largest absolute Gasteiger partial charge is 0.488 e. The number of hydrogen-bond acceptors (Lipinski definition) is 10. The van der Waals surface area contributed by atoms with Crippen LogP contribution < -0.4 is 19.7 Å². The molecule has 2 aliphatic rings. The van der Waals surface area contributed by atoms with Crippen molar-refractivity contribution in [3.63, 3.8) is 0 Å². The number of rotatable bonds is 9. The van der Waals surface area contributed by atoms with Crippen molar-refractivity contribution in [2.24, 2.45) is 0 Å². The highest BCUT2D eigenvalue weighted by Gasteiger charge is 2.24. The first-order chi connectivity index (χ1) is 17.3. The van der Waals surface area contributed by atoms with E-state index in [1.807, 2.05) is 0 Å². The Hall–Kier alpha value is -3.24. The molecule has 1 aliphatic heterocycles. The van der Waals surface area contributed by atoms with E-state index in [0.717, 1.165) is 74.5 Å². The first-order valence-electron chi connectivity index (χ1n) is 12.2. The van der Waals surface area contributed by atoms with Crippen LogP contribution in [0, 0.1) is 0 Å². The van der Waals surface area contributed by atoms with E-state index >= 15 is 0 Å². The third kappa shape index (κ3) is 6.07. The van der Waals surface area contributed by atoms with Crippen LogP contribution in [0.4, 0.5) is 11.6 Å². The Morgan fingerprint density at radius 2 is 1.74 bits per heavy atom. The molecular formula is C25H32N6O4. The van der Waals surface area contributed by atoms with Crippen LogP contribution in [0.25, 0.3) is 11.0 Å². The molecule has 1 aromatic carbocycles. The number of morpholine rings is 1. The first-order valence-corrected chi connectivity index (χ1v) is 12.2. The molecule has 0 atom stereocenters. The maximum atomic E-state index is 6.51. The summed E-state index contributed by atoms with van der Waals surface area (Å²) in [6, 6.07) is 4.51. The molecule has 1 saturated carbocycles. The molecule has 3 aromatic rings. The Balaban J connectivity index is 1.18. The van der Waals surface area contributed by atoms with E-state index in [0.29, 0.717) is 31.0 Å². The summed E-state index contributed by atoms with van der Waals surface area (Å²) in [4.78, 5) is 20.2. The molecule has 1 aliphatic carbocycles. The fourth-order valence-corrected chi connectivity index (χ4v) is 4.52. The molecule has 0 spiro atoms. The van der Waals surface area contributed by atoms with Gasteiger partial charge < -0.3 is 29.2 Å². The second kappa shape index (κ2) is 11.5. The Bertz CT molecular complexity index is 1090. The molecular weight excluding hydrogens is 448 g/mol. The second-order valence-corrected chi connectivity index (χ2v) is 8.79. The highest BCUT2D eigenvalue weighted by Crippen LogP contribution is 2.33. The average molecular weight is 481 g/mol. The summed E-state index contributed by atoms with van der Waals surface area (Å²) in [5.41, 5.74) is 2.78. The molecule has 10 nitrogen and oxygen atoms in total. The SMILES string of the molecule is COCCOc1cnc(N[C@H]2CC[C@@H](Oc3cc(N4CCOCC4)cc4nccnc34)CC2)nc1. The zero-order valence-corrected chi connectivity index (χ0v) is 20.1. The number of ether oxygens (including phenoxy) is 4. The third-order valence-corrected chi connectivity index (χ3v) is 6.39. The molecule has 186 valence electrons. The minimum atomic E-state index is 0.135. The van der Waals surface area contributed by atoms with Crippen molar-refractivity contribution >= 4 is 22.7 Å². The van der Waals surface area contributed by atoms with Crippen molar-refractivity contribution in [1.82, 2.24) is 19.9 Å². The Labute approximate surface area is 205 Å². The van der Waals surface area contributed by atoms with Crippen molar-refractivity contribution in [3.05, 3.63) is 36.9 Å². The van der Waals surface area contributed by atoms with Gasteiger partial charge in [0.25, 0.3) is 0 Å². The Morgan fingerprint density at radius 1 is 0.971 bits per heavy atom. The first kappa shape index (κ1) is 23.5. The fraction of sp³-hybridized carbons (Fsp3) is 0.520. The van der Waals surface area contributed by atoms with Crippen molar-refractivity contribution in [1.29, 1.82) is 0 Å². The summed E-state index contributed by atoms with van der Waals surface area (Å²) in [6.07, 6.45) is 10.8. The molecule has 3 heterocycles. The molecule has 0 unspecified atom stereocenters. The highest BCUT2D eigenvalue weighted by atomic mass is 16.5. The number of fused-ring (bicyclic) bond motifs is 1. The Kier molecular flexibility index (Phi) is 7.69. The van der Waals surface area contributed by atoms with Gasteiger partial charge in [-0.15, -0.1) is 0 Å². The summed E-state index contributed by atoms with van der Waals surface area (Å²) < 4.78 is 22.5. The van der Waals surface area contributed by atoms with Crippen molar-refractivity contribution in [2.45, 2.75) is 37.8 Å².